The van der Waals surface area contributed by atoms with Crippen LogP contribution in [0.3, 0.4) is 0 Å². The molecule has 0 spiro atoms. The van der Waals surface area contributed by atoms with Crippen LogP contribution in [-0.2, 0) is 0 Å². The number of aromatic nitrogens is 3. The molecule has 6 nitrogen and oxygen atoms in total. The molecule has 4 rings (SSSR count). The maximum Gasteiger partial charge on any atom is 0.254 e. The number of nitrogens with zero attached hydrogens (tertiary/aromatic N) is 4. The minimum atomic E-state index is 0.102. The van der Waals surface area contributed by atoms with E-state index >= 15 is 0 Å². The summed E-state index contributed by atoms with van der Waals surface area (Å²) in [5.41, 5.74) is 2.24. The predicted molar refractivity (Wildman–Crippen MR) is 74.4 cm³/mol. The average molecular weight is 271 g/mol. The Kier molecular flexibility index (Phi) is 2.70. The molecule has 1 aliphatic heterocycles. The number of rotatable bonds is 2. The van der Waals surface area contributed by atoms with Gasteiger partial charge in [0.25, 0.3) is 5.91 Å². The van der Waals surface area contributed by atoms with Gasteiger partial charge in [0.2, 0.25) is 0 Å². The molecule has 1 aliphatic carbocycles. The fourth-order valence-corrected chi connectivity index (χ4v) is 2.89. The smallest absolute Gasteiger partial charge is 0.254 e. The molecule has 1 aromatic carbocycles. The molecular formula is C14H17N5O. The Balaban J connectivity index is 1.48. The highest BCUT2D eigenvalue weighted by Crippen LogP contribution is 2.27. The fraction of sp³-hybridized carbons (Fsp3) is 0.500. The number of hydrogen-bond acceptors (Lipinski definition) is 4. The Morgan fingerprint density at radius 3 is 2.60 bits per heavy atom. The van der Waals surface area contributed by atoms with Crippen molar-refractivity contribution in [3.8, 4) is 0 Å². The van der Waals surface area contributed by atoms with Crippen LogP contribution in [0.15, 0.2) is 18.2 Å². The van der Waals surface area contributed by atoms with Crippen molar-refractivity contribution in [1.29, 1.82) is 0 Å². The van der Waals surface area contributed by atoms with Crippen molar-refractivity contribution in [2.45, 2.75) is 18.9 Å². The number of H-pyrrole nitrogens is 1. The van der Waals surface area contributed by atoms with Gasteiger partial charge in [-0.3, -0.25) is 9.69 Å². The number of fused-ring (bicyclic) bond motifs is 1. The molecule has 2 fully saturated rings. The molecular weight excluding hydrogens is 254 g/mol. The number of carbonyl (C=O) groups is 1. The summed E-state index contributed by atoms with van der Waals surface area (Å²) in [6.07, 6.45) is 2.66. The van der Waals surface area contributed by atoms with Crippen molar-refractivity contribution in [2.75, 3.05) is 26.2 Å². The zero-order valence-electron chi connectivity index (χ0n) is 11.2. The van der Waals surface area contributed by atoms with Gasteiger partial charge in [-0.1, -0.05) is 0 Å². The normalized spacial score (nSPS) is 20.5. The van der Waals surface area contributed by atoms with E-state index in [2.05, 4.69) is 20.3 Å². The van der Waals surface area contributed by atoms with Crippen molar-refractivity contribution >= 4 is 16.9 Å². The molecule has 1 saturated carbocycles. The highest BCUT2D eigenvalue weighted by Gasteiger charge is 2.32. The Labute approximate surface area is 116 Å². The lowest BCUT2D eigenvalue weighted by atomic mass is 10.1. The molecule has 1 amide bonds. The third-order valence-corrected chi connectivity index (χ3v) is 4.23. The van der Waals surface area contributed by atoms with Gasteiger partial charge in [0.1, 0.15) is 11.0 Å². The SMILES string of the molecule is O=C(c1ccc2n[nH]nc2c1)N1CCN(C2CC2)CC1. The van der Waals surface area contributed by atoms with Crippen LogP contribution in [0, 0.1) is 0 Å². The monoisotopic (exact) mass is 271 g/mol. The number of carbonyl (C=O) groups excluding carboxylic acids is 1. The van der Waals surface area contributed by atoms with E-state index in [9.17, 15) is 4.79 Å². The average Bonchev–Trinajstić information content (AvgIpc) is 3.24. The van der Waals surface area contributed by atoms with Crippen LogP contribution in [0.2, 0.25) is 0 Å². The lowest BCUT2D eigenvalue weighted by molar-refractivity contribution is 0.0627. The van der Waals surface area contributed by atoms with Crippen LogP contribution in [0.5, 0.6) is 0 Å². The van der Waals surface area contributed by atoms with Crippen LogP contribution in [0.25, 0.3) is 11.0 Å². The maximum atomic E-state index is 12.5. The van der Waals surface area contributed by atoms with Crippen molar-refractivity contribution in [3.05, 3.63) is 23.8 Å². The Morgan fingerprint density at radius 2 is 1.85 bits per heavy atom. The molecule has 20 heavy (non-hydrogen) atoms. The summed E-state index contributed by atoms with van der Waals surface area (Å²) >= 11 is 0. The molecule has 0 bridgehead atoms. The summed E-state index contributed by atoms with van der Waals surface area (Å²) in [7, 11) is 0. The van der Waals surface area contributed by atoms with Gasteiger partial charge in [0.15, 0.2) is 0 Å². The number of nitrogens with one attached hydrogen (secondary N) is 1. The zero-order chi connectivity index (χ0) is 13.5. The van der Waals surface area contributed by atoms with Gasteiger partial charge >= 0.3 is 0 Å². The molecule has 104 valence electrons. The van der Waals surface area contributed by atoms with Gasteiger partial charge in [-0.2, -0.15) is 15.4 Å². The van der Waals surface area contributed by atoms with Crippen LogP contribution >= 0.6 is 0 Å². The number of benzene rings is 1. The van der Waals surface area contributed by atoms with E-state index in [1.807, 2.05) is 23.1 Å². The lowest BCUT2D eigenvalue weighted by Gasteiger charge is -2.34. The summed E-state index contributed by atoms with van der Waals surface area (Å²) < 4.78 is 0. The Bertz CT molecular complexity index is 640. The van der Waals surface area contributed by atoms with E-state index in [0.29, 0.717) is 5.56 Å². The number of amides is 1. The van der Waals surface area contributed by atoms with E-state index in [1.54, 1.807) is 0 Å². The highest BCUT2D eigenvalue weighted by molar-refractivity contribution is 5.97. The summed E-state index contributed by atoms with van der Waals surface area (Å²) in [5.74, 6) is 0.102. The number of piperazine rings is 1. The molecule has 2 aliphatic rings. The lowest BCUT2D eigenvalue weighted by Crippen LogP contribution is -2.49. The summed E-state index contributed by atoms with van der Waals surface area (Å²) in [6, 6.07) is 6.28. The van der Waals surface area contributed by atoms with Crippen LogP contribution in [-0.4, -0.2) is 63.3 Å². The van der Waals surface area contributed by atoms with E-state index in [4.69, 9.17) is 0 Å². The first-order chi connectivity index (χ1) is 9.81. The first kappa shape index (κ1) is 11.8. The van der Waals surface area contributed by atoms with E-state index in [-0.39, 0.29) is 5.91 Å². The second kappa shape index (κ2) is 4.56. The molecule has 6 heteroatoms. The van der Waals surface area contributed by atoms with Crippen molar-refractivity contribution in [1.82, 2.24) is 25.2 Å². The Hall–Kier alpha value is -1.95. The predicted octanol–water partition coefficient (Wildman–Crippen LogP) is 0.878. The minimum absolute atomic E-state index is 0.102. The van der Waals surface area contributed by atoms with Gasteiger partial charge in [0.05, 0.1) is 0 Å². The molecule has 0 unspecified atom stereocenters. The Morgan fingerprint density at radius 1 is 1.10 bits per heavy atom. The third-order valence-electron chi connectivity index (χ3n) is 4.23. The highest BCUT2D eigenvalue weighted by atomic mass is 16.2. The zero-order valence-corrected chi connectivity index (χ0v) is 11.2. The standard InChI is InChI=1S/C14H17N5O/c20-14(10-1-4-12-13(9-10)16-17-15-12)19-7-5-18(6-8-19)11-2-3-11/h1,4,9,11H,2-3,5-8H2,(H,15,16,17). The minimum Gasteiger partial charge on any atom is -0.336 e. The first-order valence-corrected chi connectivity index (χ1v) is 7.15. The van der Waals surface area contributed by atoms with Crippen molar-refractivity contribution in [3.63, 3.8) is 0 Å². The van der Waals surface area contributed by atoms with Gasteiger partial charge in [-0.05, 0) is 31.0 Å². The topological polar surface area (TPSA) is 65.1 Å². The number of hydrogen-bond donors (Lipinski definition) is 1. The second-order valence-corrected chi connectivity index (χ2v) is 5.59. The van der Waals surface area contributed by atoms with Gasteiger partial charge in [-0.15, -0.1) is 0 Å². The van der Waals surface area contributed by atoms with Gasteiger partial charge < -0.3 is 4.90 Å². The molecule has 1 aromatic heterocycles. The van der Waals surface area contributed by atoms with Crippen LogP contribution in [0.4, 0.5) is 0 Å². The van der Waals surface area contributed by atoms with Crippen LogP contribution in [0.1, 0.15) is 23.2 Å². The maximum absolute atomic E-state index is 12.5. The second-order valence-electron chi connectivity index (χ2n) is 5.59. The van der Waals surface area contributed by atoms with Gasteiger partial charge in [0, 0.05) is 37.8 Å². The van der Waals surface area contributed by atoms with E-state index < -0.39 is 0 Å². The van der Waals surface area contributed by atoms with Gasteiger partial charge in [-0.25, -0.2) is 0 Å². The molecule has 0 radical (unpaired) electrons. The first-order valence-electron chi connectivity index (χ1n) is 7.15. The van der Waals surface area contributed by atoms with Crippen molar-refractivity contribution in [2.24, 2.45) is 0 Å². The summed E-state index contributed by atoms with van der Waals surface area (Å²) in [4.78, 5) is 17.0. The molecule has 2 heterocycles. The quantitative estimate of drug-likeness (QED) is 0.880. The molecule has 1 N–H and O–H groups in total. The van der Waals surface area contributed by atoms with E-state index in [0.717, 1.165) is 43.3 Å². The molecule has 0 atom stereocenters. The number of aromatic amines is 1. The van der Waals surface area contributed by atoms with Crippen molar-refractivity contribution < 1.29 is 4.79 Å². The van der Waals surface area contributed by atoms with E-state index in [1.165, 1.54) is 12.8 Å². The fourth-order valence-electron chi connectivity index (χ4n) is 2.89. The molecule has 1 saturated heterocycles. The third kappa shape index (κ3) is 2.06. The summed E-state index contributed by atoms with van der Waals surface area (Å²) in [6.45, 7) is 3.66. The summed E-state index contributed by atoms with van der Waals surface area (Å²) in [5, 5.41) is 10.6. The molecule has 2 aromatic rings. The largest absolute Gasteiger partial charge is 0.336 e. The van der Waals surface area contributed by atoms with Crippen LogP contribution < -0.4 is 0 Å².